The molecule has 0 spiro atoms. The van der Waals surface area contributed by atoms with E-state index < -0.39 is 24.0 Å². The first kappa shape index (κ1) is 20.3. The minimum atomic E-state index is -1.20. The van der Waals surface area contributed by atoms with Crippen molar-refractivity contribution in [3.63, 3.8) is 0 Å². The van der Waals surface area contributed by atoms with E-state index in [1.54, 1.807) is 0 Å². The molecule has 0 radical (unpaired) electrons. The maximum absolute atomic E-state index is 12.2. The topological polar surface area (TPSA) is 111 Å². The molecule has 0 aliphatic heterocycles. The quantitative estimate of drug-likeness (QED) is 0.529. The number of benzene rings is 1. The van der Waals surface area contributed by atoms with Crippen molar-refractivity contribution in [2.75, 3.05) is 5.73 Å². The Morgan fingerprint density at radius 3 is 2.50 bits per heavy atom. The second-order valence-electron chi connectivity index (χ2n) is 6.19. The summed E-state index contributed by atoms with van der Waals surface area (Å²) in [6, 6.07) is 2.14. The summed E-state index contributed by atoms with van der Waals surface area (Å²) in [5, 5.41) is 5.23. The summed E-state index contributed by atoms with van der Waals surface area (Å²) in [5.41, 5.74) is 5.69. The van der Waals surface area contributed by atoms with E-state index in [2.05, 4.69) is 10.6 Å². The van der Waals surface area contributed by atoms with Gasteiger partial charge in [-0.3, -0.25) is 10.1 Å². The van der Waals surface area contributed by atoms with Gasteiger partial charge in [-0.05, 0) is 31.9 Å². The Hall–Kier alpha value is -1.99. The minimum absolute atomic E-state index is 0.00344. The van der Waals surface area contributed by atoms with Gasteiger partial charge in [-0.2, -0.15) is 0 Å². The first-order chi connectivity index (χ1) is 12.3. The largest absolute Gasteiger partial charge is 0.449 e. The highest BCUT2D eigenvalue weighted by atomic mass is 35.5. The van der Waals surface area contributed by atoms with Crippen molar-refractivity contribution in [1.29, 1.82) is 0 Å². The number of carbonyl (C=O) groups is 3. The normalized spacial score (nSPS) is 15.8. The lowest BCUT2D eigenvalue weighted by Crippen LogP contribution is -2.48. The number of carbonyl (C=O) groups excluding carboxylic acids is 3. The molecular formula is C17H21Cl2N3O4. The van der Waals surface area contributed by atoms with Crippen molar-refractivity contribution in [2.45, 2.75) is 51.2 Å². The monoisotopic (exact) mass is 401 g/mol. The third-order valence-electron chi connectivity index (χ3n) is 4.14. The Kier molecular flexibility index (Phi) is 7.11. The molecule has 3 amide bonds. The fourth-order valence-corrected chi connectivity index (χ4v) is 3.21. The molecule has 2 rings (SSSR count). The number of halogens is 2. The fourth-order valence-electron chi connectivity index (χ4n) is 2.71. The molecule has 1 fully saturated rings. The fraction of sp³-hybridized carbons (Fsp3) is 0.471. The Balaban J connectivity index is 1.90. The van der Waals surface area contributed by atoms with E-state index in [1.807, 2.05) is 0 Å². The highest BCUT2D eigenvalue weighted by Crippen LogP contribution is 2.28. The smallest absolute Gasteiger partial charge is 0.341 e. The molecule has 0 unspecified atom stereocenters. The summed E-state index contributed by atoms with van der Waals surface area (Å²) >= 11 is 11.7. The molecule has 4 N–H and O–H groups in total. The average Bonchev–Trinajstić information content (AvgIpc) is 2.58. The van der Waals surface area contributed by atoms with Crippen molar-refractivity contribution < 1.29 is 19.1 Å². The van der Waals surface area contributed by atoms with Crippen LogP contribution in [0.25, 0.3) is 0 Å². The molecule has 0 saturated heterocycles. The van der Waals surface area contributed by atoms with Gasteiger partial charge in [0.25, 0.3) is 5.91 Å². The Morgan fingerprint density at radius 2 is 1.85 bits per heavy atom. The number of nitrogens with one attached hydrogen (secondary N) is 2. The predicted octanol–water partition coefficient (Wildman–Crippen LogP) is 3.28. The number of esters is 1. The molecule has 9 heteroatoms. The van der Waals surface area contributed by atoms with Crippen LogP contribution < -0.4 is 16.4 Å². The van der Waals surface area contributed by atoms with Gasteiger partial charge in [0.2, 0.25) is 0 Å². The molecule has 0 heterocycles. The summed E-state index contributed by atoms with van der Waals surface area (Å²) in [7, 11) is 0. The van der Waals surface area contributed by atoms with Crippen LogP contribution in [0.4, 0.5) is 10.5 Å². The number of nitrogen functional groups attached to an aromatic ring is 1. The maximum Gasteiger partial charge on any atom is 0.341 e. The van der Waals surface area contributed by atoms with E-state index in [0.29, 0.717) is 0 Å². The Bertz CT molecular complexity index is 705. The molecule has 1 aliphatic rings. The van der Waals surface area contributed by atoms with Crippen LogP contribution in [-0.2, 0) is 9.53 Å². The Morgan fingerprint density at radius 1 is 1.19 bits per heavy atom. The summed E-state index contributed by atoms with van der Waals surface area (Å²) in [6.07, 6.45) is 3.84. The number of hydrogen-bond donors (Lipinski definition) is 3. The second kappa shape index (κ2) is 9.09. The molecular weight excluding hydrogens is 381 g/mol. The van der Waals surface area contributed by atoms with Gasteiger partial charge < -0.3 is 15.8 Å². The number of rotatable bonds is 4. The van der Waals surface area contributed by atoms with Gasteiger partial charge in [-0.25, -0.2) is 9.59 Å². The van der Waals surface area contributed by atoms with E-state index in [1.165, 1.54) is 19.1 Å². The van der Waals surface area contributed by atoms with Gasteiger partial charge in [-0.15, -0.1) is 0 Å². The van der Waals surface area contributed by atoms with Crippen molar-refractivity contribution in [2.24, 2.45) is 0 Å². The van der Waals surface area contributed by atoms with E-state index in [9.17, 15) is 14.4 Å². The number of amides is 3. The summed E-state index contributed by atoms with van der Waals surface area (Å²) < 4.78 is 5.05. The standard InChI is InChI=1S/C17H21Cl2N3O4/c1-9(15(23)22-17(25)21-11-5-3-2-4-6-11)26-16(24)12-7-10(18)8-13(19)14(12)20/h7-9,11H,2-6,20H2,1H3,(H2,21,22,23,25)/t9-/m0/s1. The highest BCUT2D eigenvalue weighted by Gasteiger charge is 2.24. The lowest BCUT2D eigenvalue weighted by atomic mass is 9.96. The molecule has 1 saturated carbocycles. The number of urea groups is 1. The minimum Gasteiger partial charge on any atom is -0.449 e. The third-order valence-corrected chi connectivity index (χ3v) is 4.68. The van der Waals surface area contributed by atoms with Crippen molar-refractivity contribution in [3.8, 4) is 0 Å². The van der Waals surface area contributed by atoms with E-state index in [4.69, 9.17) is 33.7 Å². The van der Waals surface area contributed by atoms with Crippen LogP contribution in [0.15, 0.2) is 12.1 Å². The van der Waals surface area contributed by atoms with E-state index >= 15 is 0 Å². The zero-order valence-electron chi connectivity index (χ0n) is 14.3. The third kappa shape index (κ3) is 5.51. The average molecular weight is 402 g/mol. The molecule has 26 heavy (non-hydrogen) atoms. The Labute approximate surface area is 161 Å². The van der Waals surface area contributed by atoms with Crippen LogP contribution in [0.2, 0.25) is 10.0 Å². The molecule has 1 aromatic carbocycles. The van der Waals surface area contributed by atoms with E-state index in [-0.39, 0.29) is 27.3 Å². The zero-order chi connectivity index (χ0) is 19.3. The number of nitrogens with two attached hydrogens (primary N) is 1. The van der Waals surface area contributed by atoms with Crippen LogP contribution in [0.1, 0.15) is 49.4 Å². The van der Waals surface area contributed by atoms with Crippen LogP contribution >= 0.6 is 23.2 Å². The molecule has 7 nitrogen and oxygen atoms in total. The highest BCUT2D eigenvalue weighted by molar-refractivity contribution is 6.37. The van der Waals surface area contributed by atoms with E-state index in [0.717, 1.165) is 32.1 Å². The molecule has 1 atom stereocenters. The van der Waals surface area contributed by atoms with Gasteiger partial charge in [0, 0.05) is 11.1 Å². The lowest BCUT2D eigenvalue weighted by Gasteiger charge is -2.23. The van der Waals surface area contributed by atoms with Crippen molar-refractivity contribution >= 4 is 46.8 Å². The van der Waals surface area contributed by atoms with Gasteiger partial charge in [0.1, 0.15) is 0 Å². The molecule has 1 aliphatic carbocycles. The number of hydrogen-bond acceptors (Lipinski definition) is 5. The van der Waals surface area contributed by atoms with Gasteiger partial charge in [-0.1, -0.05) is 42.5 Å². The van der Waals surface area contributed by atoms with Gasteiger partial charge in [0.15, 0.2) is 6.10 Å². The van der Waals surface area contributed by atoms with Crippen LogP contribution in [0, 0.1) is 0 Å². The van der Waals surface area contributed by atoms with Gasteiger partial charge in [0.05, 0.1) is 16.3 Å². The second-order valence-corrected chi connectivity index (χ2v) is 7.04. The summed E-state index contributed by atoms with van der Waals surface area (Å²) in [4.78, 5) is 36.1. The zero-order valence-corrected chi connectivity index (χ0v) is 15.8. The molecule has 0 aromatic heterocycles. The first-order valence-corrected chi connectivity index (χ1v) is 9.10. The van der Waals surface area contributed by atoms with Crippen molar-refractivity contribution in [3.05, 3.63) is 27.7 Å². The lowest BCUT2D eigenvalue weighted by molar-refractivity contribution is -0.127. The first-order valence-electron chi connectivity index (χ1n) is 8.34. The number of imide groups is 1. The van der Waals surface area contributed by atoms with Crippen LogP contribution in [-0.4, -0.2) is 30.1 Å². The summed E-state index contributed by atoms with van der Waals surface area (Å²) in [6.45, 7) is 1.35. The summed E-state index contributed by atoms with van der Waals surface area (Å²) in [5.74, 6) is -1.60. The van der Waals surface area contributed by atoms with Gasteiger partial charge >= 0.3 is 12.0 Å². The molecule has 1 aromatic rings. The van der Waals surface area contributed by atoms with Crippen molar-refractivity contribution in [1.82, 2.24) is 10.6 Å². The number of ether oxygens (including phenoxy) is 1. The molecule has 0 bridgehead atoms. The van der Waals surface area contributed by atoms with Crippen LogP contribution in [0.3, 0.4) is 0 Å². The SMILES string of the molecule is C[C@H](OC(=O)c1cc(Cl)cc(Cl)c1N)C(=O)NC(=O)NC1CCCCC1. The molecule has 142 valence electrons. The predicted molar refractivity (Wildman–Crippen MR) is 99.3 cm³/mol. The maximum atomic E-state index is 12.2. The number of anilines is 1. The van der Waals surface area contributed by atoms with Crippen LogP contribution in [0.5, 0.6) is 0 Å².